The van der Waals surface area contributed by atoms with E-state index in [0.29, 0.717) is 5.56 Å². The van der Waals surface area contributed by atoms with Gasteiger partial charge in [-0.15, -0.1) is 11.3 Å². The highest BCUT2D eigenvalue weighted by Crippen LogP contribution is 2.37. The molecule has 0 saturated heterocycles. The Labute approximate surface area is 132 Å². The zero-order chi connectivity index (χ0) is 14.9. The second kappa shape index (κ2) is 5.31. The van der Waals surface area contributed by atoms with Crippen molar-refractivity contribution in [3.05, 3.63) is 82.6 Å². The number of nitrogens with zero attached hydrogens (tertiary/aromatic N) is 1. The van der Waals surface area contributed by atoms with Gasteiger partial charge in [-0.25, -0.2) is 0 Å². The summed E-state index contributed by atoms with van der Waals surface area (Å²) in [5.41, 5.74) is 2.49. The van der Waals surface area contributed by atoms with E-state index in [1.165, 1.54) is 0 Å². The van der Waals surface area contributed by atoms with Gasteiger partial charge in [0.15, 0.2) is 0 Å². The van der Waals surface area contributed by atoms with Gasteiger partial charge in [0.05, 0.1) is 5.56 Å². The van der Waals surface area contributed by atoms with E-state index in [1.54, 1.807) is 11.3 Å². The Hall–Kier alpha value is -2.59. The maximum absolute atomic E-state index is 13.0. The van der Waals surface area contributed by atoms with Crippen molar-refractivity contribution < 1.29 is 4.79 Å². The number of benzene rings is 2. The summed E-state index contributed by atoms with van der Waals surface area (Å²) in [7, 11) is 0. The fourth-order valence-corrected chi connectivity index (χ4v) is 3.52. The van der Waals surface area contributed by atoms with E-state index in [-0.39, 0.29) is 12.1 Å². The lowest BCUT2D eigenvalue weighted by molar-refractivity contribution is 0.0975. The number of anilines is 2. The topological polar surface area (TPSA) is 32.3 Å². The highest BCUT2D eigenvalue weighted by Gasteiger charge is 2.34. The smallest absolute Gasteiger partial charge is 0.262 e. The van der Waals surface area contributed by atoms with Crippen LogP contribution in [0, 0.1) is 0 Å². The monoisotopic (exact) mass is 306 g/mol. The molecule has 0 fully saturated rings. The number of carbonyl (C=O) groups is 1. The summed E-state index contributed by atoms with van der Waals surface area (Å²) in [5.74, 6) is 0.0268. The molecule has 4 heteroatoms. The first-order valence-electron chi connectivity index (χ1n) is 7.12. The van der Waals surface area contributed by atoms with Gasteiger partial charge in [0, 0.05) is 16.3 Å². The third kappa shape index (κ3) is 2.09. The van der Waals surface area contributed by atoms with Crippen molar-refractivity contribution in [2.24, 2.45) is 0 Å². The molecule has 1 atom stereocenters. The molecule has 0 unspecified atom stereocenters. The first-order valence-corrected chi connectivity index (χ1v) is 8.00. The minimum absolute atomic E-state index is 0.0268. The van der Waals surface area contributed by atoms with Crippen LogP contribution < -0.4 is 10.2 Å². The molecule has 1 aliphatic heterocycles. The Bertz CT molecular complexity index is 799. The number of nitrogens with one attached hydrogen (secondary N) is 1. The van der Waals surface area contributed by atoms with Gasteiger partial charge in [-0.3, -0.25) is 9.69 Å². The van der Waals surface area contributed by atoms with Crippen LogP contribution in [0.4, 0.5) is 11.4 Å². The number of hydrogen-bond donors (Lipinski definition) is 1. The minimum atomic E-state index is -0.176. The van der Waals surface area contributed by atoms with E-state index < -0.39 is 0 Å². The molecule has 3 nitrogen and oxygen atoms in total. The van der Waals surface area contributed by atoms with E-state index in [4.69, 9.17) is 0 Å². The molecule has 1 N–H and O–H groups in total. The summed E-state index contributed by atoms with van der Waals surface area (Å²) in [5, 5.41) is 5.53. The van der Waals surface area contributed by atoms with Gasteiger partial charge >= 0.3 is 0 Å². The molecular weight excluding hydrogens is 292 g/mol. The Kier molecular flexibility index (Phi) is 3.16. The third-order valence-corrected chi connectivity index (χ3v) is 4.70. The Balaban J connectivity index is 1.87. The summed E-state index contributed by atoms with van der Waals surface area (Å²) in [4.78, 5) is 16.0. The van der Waals surface area contributed by atoms with E-state index in [1.807, 2.05) is 70.9 Å². The standard InChI is InChI=1S/C18H14N2OS/c21-18-14-9-4-5-10-15(14)19-17(16-11-6-12-22-16)20(18)13-7-2-1-3-8-13/h1-12,17,19H/t17-/m0/s1. The molecule has 0 radical (unpaired) electrons. The summed E-state index contributed by atoms with van der Waals surface area (Å²) in [6.45, 7) is 0. The molecule has 22 heavy (non-hydrogen) atoms. The van der Waals surface area contributed by atoms with Crippen molar-refractivity contribution in [3.63, 3.8) is 0 Å². The highest BCUT2D eigenvalue weighted by molar-refractivity contribution is 7.10. The number of hydrogen-bond acceptors (Lipinski definition) is 3. The van der Waals surface area contributed by atoms with Gasteiger partial charge in [0.1, 0.15) is 6.17 Å². The van der Waals surface area contributed by atoms with Crippen molar-refractivity contribution in [3.8, 4) is 0 Å². The normalized spacial score (nSPS) is 17.0. The molecule has 3 aromatic rings. The summed E-state index contributed by atoms with van der Waals surface area (Å²) in [6, 6.07) is 21.5. The number of para-hydroxylation sites is 2. The van der Waals surface area contributed by atoms with Gasteiger partial charge in [0.25, 0.3) is 5.91 Å². The fraction of sp³-hybridized carbons (Fsp3) is 0.0556. The summed E-state index contributed by atoms with van der Waals surface area (Å²) >= 11 is 1.65. The molecule has 0 spiro atoms. The lowest BCUT2D eigenvalue weighted by atomic mass is 10.1. The molecule has 0 bridgehead atoms. The number of fused-ring (bicyclic) bond motifs is 1. The summed E-state index contributed by atoms with van der Waals surface area (Å²) in [6.07, 6.45) is -0.176. The van der Waals surface area contributed by atoms with Gasteiger partial charge in [-0.2, -0.15) is 0 Å². The van der Waals surface area contributed by atoms with Crippen LogP contribution >= 0.6 is 11.3 Å². The largest absolute Gasteiger partial charge is 0.360 e. The zero-order valence-corrected chi connectivity index (χ0v) is 12.6. The highest BCUT2D eigenvalue weighted by atomic mass is 32.1. The van der Waals surface area contributed by atoms with E-state index in [0.717, 1.165) is 16.3 Å². The molecular formula is C18H14N2OS. The zero-order valence-electron chi connectivity index (χ0n) is 11.8. The van der Waals surface area contributed by atoms with Crippen LogP contribution in [0.25, 0.3) is 0 Å². The molecule has 1 amide bonds. The predicted molar refractivity (Wildman–Crippen MR) is 90.4 cm³/mol. The molecule has 1 aliphatic rings. The average Bonchev–Trinajstić information content (AvgIpc) is 3.10. The van der Waals surface area contributed by atoms with Gasteiger partial charge < -0.3 is 5.32 Å². The van der Waals surface area contributed by atoms with Gasteiger partial charge in [0.2, 0.25) is 0 Å². The Morgan fingerprint density at radius 1 is 0.909 bits per heavy atom. The van der Waals surface area contributed by atoms with Crippen molar-refractivity contribution in [2.45, 2.75) is 6.17 Å². The van der Waals surface area contributed by atoms with Gasteiger partial charge in [-0.1, -0.05) is 36.4 Å². The Morgan fingerprint density at radius 2 is 1.68 bits per heavy atom. The van der Waals surface area contributed by atoms with E-state index in [9.17, 15) is 4.79 Å². The fourth-order valence-electron chi connectivity index (χ4n) is 2.75. The number of carbonyl (C=O) groups excluding carboxylic acids is 1. The predicted octanol–water partition coefficient (Wildman–Crippen LogP) is 4.52. The number of thiophene rings is 1. The minimum Gasteiger partial charge on any atom is -0.360 e. The molecule has 4 rings (SSSR count). The van der Waals surface area contributed by atoms with Crippen molar-refractivity contribution in [1.29, 1.82) is 0 Å². The van der Waals surface area contributed by atoms with Crippen LogP contribution in [0.3, 0.4) is 0 Å². The third-order valence-electron chi connectivity index (χ3n) is 3.77. The molecule has 0 saturated carbocycles. The summed E-state index contributed by atoms with van der Waals surface area (Å²) < 4.78 is 0. The van der Waals surface area contributed by atoms with Crippen LogP contribution in [0.15, 0.2) is 72.1 Å². The number of amides is 1. The number of rotatable bonds is 2. The quantitative estimate of drug-likeness (QED) is 0.755. The van der Waals surface area contributed by atoms with Crippen LogP contribution in [-0.4, -0.2) is 5.91 Å². The van der Waals surface area contributed by atoms with Crippen molar-refractivity contribution in [2.75, 3.05) is 10.2 Å². The molecule has 0 aliphatic carbocycles. The van der Waals surface area contributed by atoms with E-state index >= 15 is 0 Å². The maximum Gasteiger partial charge on any atom is 0.262 e. The van der Waals surface area contributed by atoms with Crippen LogP contribution in [0.2, 0.25) is 0 Å². The Morgan fingerprint density at radius 3 is 2.45 bits per heavy atom. The molecule has 108 valence electrons. The maximum atomic E-state index is 13.0. The first kappa shape index (κ1) is 13.1. The second-order valence-electron chi connectivity index (χ2n) is 5.12. The van der Waals surface area contributed by atoms with Crippen molar-refractivity contribution >= 4 is 28.6 Å². The average molecular weight is 306 g/mol. The molecule has 1 aromatic heterocycles. The first-order chi connectivity index (χ1) is 10.8. The van der Waals surface area contributed by atoms with Crippen LogP contribution in [0.1, 0.15) is 21.4 Å². The SMILES string of the molecule is O=C1c2ccccc2N[C@H](c2cccs2)N1c1ccccc1. The van der Waals surface area contributed by atoms with Crippen LogP contribution in [0.5, 0.6) is 0 Å². The molecule has 2 heterocycles. The molecule has 2 aromatic carbocycles. The lowest BCUT2D eigenvalue weighted by Gasteiger charge is -2.37. The van der Waals surface area contributed by atoms with E-state index in [2.05, 4.69) is 11.4 Å². The lowest BCUT2D eigenvalue weighted by Crippen LogP contribution is -2.42. The van der Waals surface area contributed by atoms with Crippen molar-refractivity contribution in [1.82, 2.24) is 0 Å². The van der Waals surface area contributed by atoms with Gasteiger partial charge in [-0.05, 0) is 35.7 Å². The van der Waals surface area contributed by atoms with Crippen LogP contribution in [-0.2, 0) is 0 Å². The second-order valence-corrected chi connectivity index (χ2v) is 6.10.